The molecule has 7 heteroatoms. The zero-order chi connectivity index (χ0) is 15.7. The number of carbonyl (C=O) groups excluding carboxylic acids is 2. The van der Waals surface area contributed by atoms with Crippen molar-refractivity contribution in [1.82, 2.24) is 9.88 Å². The monoisotopic (exact) mass is 336 g/mol. The Hall–Kier alpha value is -2.05. The van der Waals surface area contributed by atoms with Gasteiger partial charge in [-0.1, -0.05) is 17.7 Å². The van der Waals surface area contributed by atoms with E-state index in [1.165, 1.54) is 18.2 Å². The van der Waals surface area contributed by atoms with Gasteiger partial charge in [-0.25, -0.2) is 4.39 Å². The Morgan fingerprint density at radius 2 is 2.09 bits per heavy atom. The van der Waals surface area contributed by atoms with E-state index >= 15 is 0 Å². The van der Waals surface area contributed by atoms with Gasteiger partial charge in [0.1, 0.15) is 5.82 Å². The molecular formula is C15H10ClFN2O2S. The third-order valence-electron chi connectivity index (χ3n) is 3.16. The Morgan fingerprint density at radius 3 is 2.77 bits per heavy atom. The number of aromatic amines is 1. The highest BCUT2D eigenvalue weighted by Crippen LogP contribution is 2.34. The molecule has 0 aliphatic carbocycles. The Labute approximate surface area is 135 Å². The fourth-order valence-electron chi connectivity index (χ4n) is 2.05. The molecule has 0 atom stereocenters. The Morgan fingerprint density at radius 1 is 1.27 bits per heavy atom. The molecular weight excluding hydrogens is 327 g/mol. The molecule has 1 aromatic carbocycles. The number of thioether (sulfide) groups is 1. The minimum Gasteiger partial charge on any atom is -0.362 e. The van der Waals surface area contributed by atoms with E-state index in [-0.39, 0.29) is 17.1 Å². The minimum atomic E-state index is -0.542. The Balaban J connectivity index is 1.86. The van der Waals surface area contributed by atoms with E-state index in [1.54, 1.807) is 24.4 Å². The van der Waals surface area contributed by atoms with Gasteiger partial charge in [0.25, 0.3) is 11.1 Å². The Kier molecular flexibility index (Phi) is 4.04. The van der Waals surface area contributed by atoms with Crippen molar-refractivity contribution < 1.29 is 14.0 Å². The zero-order valence-corrected chi connectivity index (χ0v) is 12.7. The van der Waals surface area contributed by atoms with Crippen LogP contribution in [0.25, 0.3) is 6.08 Å². The van der Waals surface area contributed by atoms with E-state index < -0.39 is 17.0 Å². The maximum Gasteiger partial charge on any atom is 0.293 e. The van der Waals surface area contributed by atoms with Gasteiger partial charge in [-0.3, -0.25) is 14.5 Å². The lowest BCUT2D eigenvalue weighted by atomic mass is 10.2. The van der Waals surface area contributed by atoms with Crippen molar-refractivity contribution in [2.45, 2.75) is 6.54 Å². The molecule has 2 aromatic rings. The van der Waals surface area contributed by atoms with Crippen LogP contribution >= 0.6 is 23.4 Å². The predicted molar refractivity (Wildman–Crippen MR) is 83.7 cm³/mol. The molecule has 0 spiro atoms. The van der Waals surface area contributed by atoms with Gasteiger partial charge in [0.15, 0.2) is 0 Å². The average molecular weight is 337 g/mol. The lowest BCUT2D eigenvalue weighted by Gasteiger charge is -2.14. The van der Waals surface area contributed by atoms with Crippen LogP contribution in [0.4, 0.5) is 9.18 Å². The largest absolute Gasteiger partial charge is 0.362 e. The smallest absolute Gasteiger partial charge is 0.293 e. The summed E-state index contributed by atoms with van der Waals surface area (Å²) in [5.74, 6) is -0.996. The number of rotatable bonds is 3. The van der Waals surface area contributed by atoms with E-state index in [2.05, 4.69) is 4.98 Å². The SMILES string of the molecule is O=C1S/C(=C/c2ccc[nH]2)C(=O)N1Cc1c(F)cccc1Cl. The molecule has 3 rings (SSSR count). The standard InChI is InChI=1S/C15H10ClFN2O2S/c16-11-4-1-5-12(17)10(11)8-19-14(20)13(22-15(19)21)7-9-3-2-6-18-9/h1-7,18H,8H2/b13-7+. The fourth-order valence-corrected chi connectivity index (χ4v) is 3.10. The van der Waals surface area contributed by atoms with E-state index in [0.29, 0.717) is 4.91 Å². The van der Waals surface area contributed by atoms with Crippen LogP contribution in [0, 0.1) is 5.82 Å². The molecule has 0 radical (unpaired) electrons. The number of hydrogen-bond donors (Lipinski definition) is 1. The molecule has 2 amide bonds. The van der Waals surface area contributed by atoms with Crippen molar-refractivity contribution in [3.63, 3.8) is 0 Å². The number of imide groups is 1. The highest BCUT2D eigenvalue weighted by atomic mass is 35.5. The van der Waals surface area contributed by atoms with Crippen molar-refractivity contribution in [2.75, 3.05) is 0 Å². The number of nitrogens with one attached hydrogen (secondary N) is 1. The fraction of sp³-hybridized carbons (Fsp3) is 0.0667. The molecule has 2 heterocycles. The normalized spacial score (nSPS) is 16.8. The van der Waals surface area contributed by atoms with E-state index in [1.807, 2.05) is 0 Å². The van der Waals surface area contributed by atoms with Gasteiger partial charge < -0.3 is 4.98 Å². The van der Waals surface area contributed by atoms with Gasteiger partial charge in [0.05, 0.1) is 11.4 Å². The van der Waals surface area contributed by atoms with Crippen LogP contribution in [0.2, 0.25) is 5.02 Å². The average Bonchev–Trinajstić information content (AvgIpc) is 3.06. The van der Waals surface area contributed by atoms with Gasteiger partial charge >= 0.3 is 0 Å². The van der Waals surface area contributed by atoms with Crippen LogP contribution in [0.3, 0.4) is 0 Å². The van der Waals surface area contributed by atoms with Crippen molar-refractivity contribution >= 4 is 40.6 Å². The van der Waals surface area contributed by atoms with E-state index in [0.717, 1.165) is 22.4 Å². The molecule has 22 heavy (non-hydrogen) atoms. The lowest BCUT2D eigenvalue weighted by Crippen LogP contribution is -2.28. The van der Waals surface area contributed by atoms with Crippen molar-refractivity contribution in [1.29, 1.82) is 0 Å². The first-order valence-corrected chi connectivity index (χ1v) is 7.57. The molecule has 1 saturated heterocycles. The van der Waals surface area contributed by atoms with Crippen LogP contribution in [-0.4, -0.2) is 21.0 Å². The zero-order valence-electron chi connectivity index (χ0n) is 11.2. The highest BCUT2D eigenvalue weighted by molar-refractivity contribution is 8.18. The van der Waals surface area contributed by atoms with Crippen LogP contribution < -0.4 is 0 Å². The molecule has 0 unspecified atom stereocenters. The quantitative estimate of drug-likeness (QED) is 0.860. The van der Waals surface area contributed by atoms with Crippen LogP contribution in [0.1, 0.15) is 11.3 Å². The first-order chi connectivity index (χ1) is 10.6. The lowest BCUT2D eigenvalue weighted by molar-refractivity contribution is -0.123. The summed E-state index contributed by atoms with van der Waals surface area (Å²) in [6, 6.07) is 7.81. The second-order valence-corrected chi connectivity index (χ2v) is 5.99. The molecule has 1 aliphatic heterocycles. The molecule has 4 nitrogen and oxygen atoms in total. The van der Waals surface area contributed by atoms with Crippen LogP contribution in [0.5, 0.6) is 0 Å². The van der Waals surface area contributed by atoms with Crippen molar-refractivity contribution in [3.05, 3.63) is 63.5 Å². The molecule has 1 aromatic heterocycles. The first kappa shape index (κ1) is 14.9. The number of amides is 2. The molecule has 0 bridgehead atoms. The molecule has 112 valence electrons. The predicted octanol–water partition coefficient (Wildman–Crippen LogP) is 4.04. The van der Waals surface area contributed by atoms with Gasteiger partial charge in [-0.2, -0.15) is 0 Å². The van der Waals surface area contributed by atoms with Gasteiger partial charge in [-0.15, -0.1) is 0 Å². The summed E-state index contributed by atoms with van der Waals surface area (Å²) in [5.41, 5.74) is 0.849. The number of nitrogens with zero attached hydrogens (tertiary/aromatic N) is 1. The molecule has 0 saturated carbocycles. The second-order valence-electron chi connectivity index (χ2n) is 4.59. The van der Waals surface area contributed by atoms with Gasteiger partial charge in [-0.05, 0) is 42.1 Å². The van der Waals surface area contributed by atoms with Crippen molar-refractivity contribution in [3.8, 4) is 0 Å². The summed E-state index contributed by atoms with van der Waals surface area (Å²) in [6.07, 6.45) is 3.31. The number of benzene rings is 1. The summed E-state index contributed by atoms with van der Waals surface area (Å²) >= 11 is 6.76. The number of carbonyl (C=O) groups is 2. The van der Waals surface area contributed by atoms with Crippen LogP contribution in [0.15, 0.2) is 41.4 Å². The summed E-state index contributed by atoms with van der Waals surface area (Å²) in [7, 11) is 0. The summed E-state index contributed by atoms with van der Waals surface area (Å²) in [4.78, 5) is 28.5. The van der Waals surface area contributed by atoms with Gasteiger partial charge in [0.2, 0.25) is 0 Å². The molecule has 1 N–H and O–H groups in total. The summed E-state index contributed by atoms with van der Waals surface area (Å²) in [6.45, 7) is -0.182. The second kappa shape index (κ2) is 5.98. The molecule has 1 aliphatic rings. The third-order valence-corrected chi connectivity index (χ3v) is 4.42. The number of halogens is 2. The van der Waals surface area contributed by atoms with Crippen LogP contribution in [-0.2, 0) is 11.3 Å². The van der Waals surface area contributed by atoms with Gasteiger partial charge in [0, 0.05) is 22.5 Å². The van der Waals surface area contributed by atoms with E-state index in [4.69, 9.17) is 11.6 Å². The van der Waals surface area contributed by atoms with Crippen molar-refractivity contribution in [2.24, 2.45) is 0 Å². The maximum atomic E-state index is 13.8. The number of H-pyrrole nitrogens is 1. The minimum absolute atomic E-state index is 0.132. The topological polar surface area (TPSA) is 53.2 Å². The summed E-state index contributed by atoms with van der Waals surface area (Å²) in [5, 5.41) is -0.255. The third kappa shape index (κ3) is 2.80. The molecule has 1 fully saturated rings. The first-order valence-electron chi connectivity index (χ1n) is 6.38. The maximum absolute atomic E-state index is 13.8. The number of hydrogen-bond acceptors (Lipinski definition) is 3. The number of aromatic nitrogens is 1. The van der Waals surface area contributed by atoms with E-state index in [9.17, 15) is 14.0 Å². The highest BCUT2D eigenvalue weighted by Gasteiger charge is 2.35. The summed E-state index contributed by atoms with van der Waals surface area (Å²) < 4.78 is 13.8. The Bertz CT molecular complexity index is 754.